The SMILES string of the molecule is C[C@H]([C@@H](CC(O[Si](C)C)c1ccccc1Oc1ccccc1)n1cnc(C(N)=O)c1)C(C)(C)C. The number of primary amides is 1. The van der Waals surface area contributed by atoms with E-state index < -0.39 is 14.9 Å². The van der Waals surface area contributed by atoms with E-state index in [0.717, 1.165) is 17.1 Å². The summed E-state index contributed by atoms with van der Waals surface area (Å²) in [7, 11) is -1.02. The highest BCUT2D eigenvalue weighted by Crippen LogP contribution is 2.42. The molecule has 0 aliphatic heterocycles. The fourth-order valence-electron chi connectivity index (χ4n) is 4.00. The van der Waals surface area contributed by atoms with Gasteiger partial charge in [0.1, 0.15) is 17.2 Å². The van der Waals surface area contributed by atoms with Crippen LogP contribution in [0.4, 0.5) is 0 Å². The molecule has 1 radical (unpaired) electrons. The maximum atomic E-state index is 11.7. The molecule has 1 unspecified atom stereocenters. The molecule has 3 atom stereocenters. The van der Waals surface area contributed by atoms with Crippen molar-refractivity contribution in [2.45, 2.75) is 59.4 Å². The van der Waals surface area contributed by atoms with Gasteiger partial charge >= 0.3 is 0 Å². The first-order valence-electron chi connectivity index (χ1n) is 11.7. The van der Waals surface area contributed by atoms with Crippen LogP contribution in [0.2, 0.25) is 13.1 Å². The molecule has 0 saturated heterocycles. The van der Waals surface area contributed by atoms with Crippen molar-refractivity contribution in [2.24, 2.45) is 17.1 Å². The standard InChI is InChI=1S/C27H36N3O3Si/c1-19(27(2,3)4)23(30-17-22(26(28)31)29-18-30)16-25(33-34(5)6)21-14-10-11-15-24(21)32-20-12-8-7-9-13-20/h7-15,17-19,23,25H,16H2,1-6H3,(H2,28,31)/t19-,23-,25?/m1/s1. The number of hydrogen-bond acceptors (Lipinski definition) is 4. The molecule has 0 saturated carbocycles. The lowest BCUT2D eigenvalue weighted by Gasteiger charge is -2.37. The smallest absolute Gasteiger partial charge is 0.268 e. The molecule has 7 heteroatoms. The molecule has 3 rings (SSSR count). The average Bonchev–Trinajstić information content (AvgIpc) is 3.27. The van der Waals surface area contributed by atoms with Gasteiger partial charge in [-0.1, -0.05) is 64.1 Å². The van der Waals surface area contributed by atoms with E-state index in [-0.39, 0.29) is 29.2 Å². The van der Waals surface area contributed by atoms with Crippen LogP contribution in [0.15, 0.2) is 67.1 Å². The summed E-state index contributed by atoms with van der Waals surface area (Å²) in [6.45, 7) is 13.2. The van der Waals surface area contributed by atoms with Gasteiger partial charge in [0, 0.05) is 17.8 Å². The lowest BCUT2D eigenvalue weighted by Crippen LogP contribution is -2.30. The third-order valence-corrected chi connectivity index (χ3v) is 7.01. The predicted molar refractivity (Wildman–Crippen MR) is 137 cm³/mol. The van der Waals surface area contributed by atoms with Crippen LogP contribution in [-0.4, -0.2) is 24.5 Å². The van der Waals surface area contributed by atoms with E-state index in [1.807, 2.05) is 53.1 Å². The number of carbonyl (C=O) groups excluding carboxylic acids is 1. The van der Waals surface area contributed by atoms with Gasteiger partial charge in [-0.2, -0.15) is 0 Å². The maximum absolute atomic E-state index is 11.7. The van der Waals surface area contributed by atoms with Crippen molar-refractivity contribution in [1.29, 1.82) is 0 Å². The van der Waals surface area contributed by atoms with Gasteiger partial charge in [-0.05, 0) is 49.0 Å². The van der Waals surface area contributed by atoms with Gasteiger partial charge in [0.25, 0.3) is 5.91 Å². The third-order valence-electron chi connectivity index (χ3n) is 6.25. The molecule has 1 aromatic heterocycles. The van der Waals surface area contributed by atoms with E-state index >= 15 is 0 Å². The summed E-state index contributed by atoms with van der Waals surface area (Å²) in [6, 6.07) is 17.9. The molecule has 2 N–H and O–H groups in total. The number of nitrogens with zero attached hydrogens (tertiary/aromatic N) is 2. The van der Waals surface area contributed by atoms with Crippen LogP contribution >= 0.6 is 0 Å². The number of para-hydroxylation sites is 2. The molecule has 0 fully saturated rings. The normalized spacial score (nSPS) is 14.6. The van der Waals surface area contributed by atoms with Gasteiger partial charge in [0.15, 0.2) is 0 Å². The van der Waals surface area contributed by atoms with Crippen LogP contribution in [0.5, 0.6) is 11.5 Å². The van der Waals surface area contributed by atoms with Gasteiger partial charge in [-0.25, -0.2) is 4.98 Å². The summed E-state index contributed by atoms with van der Waals surface area (Å²) in [5, 5.41) is 0. The first-order valence-corrected chi connectivity index (χ1v) is 14.1. The van der Waals surface area contributed by atoms with E-state index in [0.29, 0.717) is 6.42 Å². The van der Waals surface area contributed by atoms with Crippen molar-refractivity contribution >= 4 is 14.9 Å². The molecular weight excluding hydrogens is 442 g/mol. The minimum absolute atomic E-state index is 0.0264. The molecular formula is C27H36N3O3Si. The molecule has 1 amide bonds. The topological polar surface area (TPSA) is 79.4 Å². The van der Waals surface area contributed by atoms with Crippen molar-refractivity contribution in [3.8, 4) is 11.5 Å². The number of aromatic nitrogens is 2. The first kappa shape index (κ1) is 25.7. The van der Waals surface area contributed by atoms with Crippen molar-refractivity contribution in [1.82, 2.24) is 9.55 Å². The van der Waals surface area contributed by atoms with Gasteiger partial charge in [-0.3, -0.25) is 4.79 Å². The molecule has 181 valence electrons. The number of nitrogens with two attached hydrogens (primary N) is 1. The number of carbonyl (C=O) groups is 1. The average molecular weight is 479 g/mol. The van der Waals surface area contributed by atoms with Crippen molar-refractivity contribution in [3.05, 3.63) is 78.4 Å². The van der Waals surface area contributed by atoms with E-state index in [1.54, 1.807) is 12.5 Å². The van der Waals surface area contributed by atoms with Crippen LogP contribution in [-0.2, 0) is 4.43 Å². The van der Waals surface area contributed by atoms with Crippen LogP contribution < -0.4 is 10.5 Å². The molecule has 34 heavy (non-hydrogen) atoms. The zero-order valence-electron chi connectivity index (χ0n) is 21.0. The van der Waals surface area contributed by atoms with E-state index in [9.17, 15) is 4.79 Å². The third kappa shape index (κ3) is 6.58. The lowest BCUT2D eigenvalue weighted by atomic mass is 9.75. The van der Waals surface area contributed by atoms with Gasteiger partial charge < -0.3 is 19.5 Å². The zero-order chi connectivity index (χ0) is 24.9. The second kappa shape index (κ2) is 11.0. The van der Waals surface area contributed by atoms with Crippen molar-refractivity contribution < 1.29 is 14.0 Å². The Labute approximate surface area is 204 Å². The highest BCUT2D eigenvalue weighted by atomic mass is 28.3. The summed E-state index contributed by atoms with van der Waals surface area (Å²) >= 11 is 0. The quantitative estimate of drug-likeness (QED) is 0.342. The van der Waals surface area contributed by atoms with Crippen LogP contribution in [0.25, 0.3) is 0 Å². The summed E-state index contributed by atoms with van der Waals surface area (Å²) in [6.07, 6.45) is 3.98. The van der Waals surface area contributed by atoms with Crippen molar-refractivity contribution in [2.75, 3.05) is 0 Å². The Balaban J connectivity index is 2.01. The molecule has 0 aliphatic carbocycles. The monoisotopic (exact) mass is 478 g/mol. The zero-order valence-corrected chi connectivity index (χ0v) is 22.0. The Kier molecular flexibility index (Phi) is 8.33. The van der Waals surface area contributed by atoms with Crippen molar-refractivity contribution in [3.63, 3.8) is 0 Å². The maximum Gasteiger partial charge on any atom is 0.268 e. The minimum Gasteiger partial charge on any atom is -0.457 e. The fourth-order valence-corrected chi connectivity index (χ4v) is 4.80. The Morgan fingerprint density at radius 3 is 2.32 bits per heavy atom. The van der Waals surface area contributed by atoms with Gasteiger partial charge in [0.2, 0.25) is 9.04 Å². The number of amides is 1. The van der Waals surface area contributed by atoms with Crippen LogP contribution in [0.3, 0.4) is 0 Å². The Hall–Kier alpha value is -2.90. The summed E-state index contributed by atoms with van der Waals surface area (Å²) in [5.74, 6) is 1.31. The van der Waals surface area contributed by atoms with Crippen LogP contribution in [0.1, 0.15) is 62.3 Å². The molecule has 6 nitrogen and oxygen atoms in total. The Bertz CT molecular complexity index is 1080. The molecule has 0 spiro atoms. The predicted octanol–water partition coefficient (Wildman–Crippen LogP) is 6.40. The van der Waals surface area contributed by atoms with E-state index in [4.69, 9.17) is 14.9 Å². The summed E-state index contributed by atoms with van der Waals surface area (Å²) in [5.41, 5.74) is 6.80. The molecule has 3 aromatic rings. The second-order valence-corrected chi connectivity index (χ2v) is 12.0. The molecule has 2 aromatic carbocycles. The van der Waals surface area contributed by atoms with Crippen LogP contribution in [0, 0.1) is 11.3 Å². The summed E-state index contributed by atoms with van der Waals surface area (Å²) < 4.78 is 14.9. The lowest BCUT2D eigenvalue weighted by molar-refractivity contribution is 0.0995. The number of benzene rings is 2. The van der Waals surface area contributed by atoms with Gasteiger partial charge in [0.05, 0.1) is 12.4 Å². The van der Waals surface area contributed by atoms with E-state index in [2.05, 4.69) is 51.8 Å². The Morgan fingerprint density at radius 1 is 1.09 bits per heavy atom. The number of rotatable bonds is 10. The highest BCUT2D eigenvalue weighted by molar-refractivity contribution is 6.48. The highest BCUT2D eigenvalue weighted by Gasteiger charge is 2.33. The number of hydrogen-bond donors (Lipinski definition) is 1. The molecule has 0 aliphatic rings. The summed E-state index contributed by atoms with van der Waals surface area (Å²) in [4.78, 5) is 16.0. The van der Waals surface area contributed by atoms with E-state index in [1.165, 1.54) is 0 Å². The number of imidazole rings is 1. The minimum atomic E-state index is -1.02. The number of ether oxygens (including phenoxy) is 1. The molecule has 1 heterocycles. The fraction of sp³-hybridized carbons (Fsp3) is 0.407. The largest absolute Gasteiger partial charge is 0.457 e. The Morgan fingerprint density at radius 2 is 1.74 bits per heavy atom. The second-order valence-electron chi connectivity index (χ2n) is 10.00. The molecule has 0 bridgehead atoms. The first-order chi connectivity index (χ1) is 16.1. The van der Waals surface area contributed by atoms with Gasteiger partial charge in [-0.15, -0.1) is 0 Å².